The van der Waals surface area contributed by atoms with E-state index in [9.17, 15) is 9.59 Å². The van der Waals surface area contributed by atoms with E-state index in [1.165, 1.54) is 22.2 Å². The Morgan fingerprint density at radius 2 is 1.91 bits per heavy atom. The van der Waals surface area contributed by atoms with Gasteiger partial charge in [-0.25, -0.2) is 4.79 Å². The maximum atomic E-state index is 13.7. The Morgan fingerprint density at radius 1 is 1.19 bits per heavy atom. The van der Waals surface area contributed by atoms with Gasteiger partial charge in [0, 0.05) is 49.2 Å². The maximum absolute atomic E-state index is 13.7. The van der Waals surface area contributed by atoms with Gasteiger partial charge >= 0.3 is 6.03 Å². The minimum Gasteiger partial charge on any atom is -0.356 e. The molecule has 0 saturated heterocycles. The highest BCUT2D eigenvalue weighted by Gasteiger charge is 2.38. The molecule has 1 aliphatic heterocycles. The summed E-state index contributed by atoms with van der Waals surface area (Å²) in [4.78, 5) is 33.3. The minimum absolute atomic E-state index is 0.00655. The number of urea groups is 1. The summed E-state index contributed by atoms with van der Waals surface area (Å²) in [5, 5.41) is 4.16. The summed E-state index contributed by atoms with van der Waals surface area (Å²) in [5.41, 5.74) is 3.80. The first kappa shape index (κ1) is 22.7. The quantitative estimate of drug-likeness (QED) is 0.709. The average Bonchev–Trinajstić information content (AvgIpc) is 3.17. The van der Waals surface area contributed by atoms with Crippen LogP contribution in [-0.2, 0) is 11.2 Å². The van der Waals surface area contributed by atoms with Crippen molar-refractivity contribution in [2.45, 2.75) is 58.9 Å². The van der Waals surface area contributed by atoms with E-state index in [-0.39, 0.29) is 18.0 Å². The van der Waals surface area contributed by atoms with Gasteiger partial charge < -0.3 is 20.1 Å². The van der Waals surface area contributed by atoms with Crippen LogP contribution in [0.25, 0.3) is 10.9 Å². The van der Waals surface area contributed by atoms with Crippen LogP contribution < -0.4 is 5.32 Å². The highest BCUT2D eigenvalue weighted by Crippen LogP contribution is 2.40. The molecule has 1 aromatic carbocycles. The molecule has 174 valence electrons. The standard InChI is InChI=1S/C26H38N4O2/c1-5-27-26(32)29(4)16-18-10-12-19(13-11-18)25(31)30-15-14-21-20-8-6-7-9-22(20)28-23(21)24(30)17(2)3/h6-9,17-19,24,28H,5,10-16H2,1-4H3,(H,27,32)/t18-,19-,24?. The number of aromatic nitrogens is 1. The lowest BCUT2D eigenvalue weighted by atomic mass is 9.80. The van der Waals surface area contributed by atoms with E-state index in [1.54, 1.807) is 4.90 Å². The van der Waals surface area contributed by atoms with Crippen LogP contribution in [-0.4, -0.2) is 53.4 Å². The number of H-pyrrole nitrogens is 1. The molecule has 2 heterocycles. The fourth-order valence-electron chi connectivity index (χ4n) is 5.79. The Kier molecular flexibility index (Phi) is 6.77. The first-order valence-corrected chi connectivity index (χ1v) is 12.3. The lowest BCUT2D eigenvalue weighted by Crippen LogP contribution is -2.46. The van der Waals surface area contributed by atoms with Crippen LogP contribution >= 0.6 is 0 Å². The van der Waals surface area contributed by atoms with Gasteiger partial charge in [0.05, 0.1) is 6.04 Å². The number of nitrogens with one attached hydrogen (secondary N) is 2. The van der Waals surface area contributed by atoms with Crippen molar-refractivity contribution in [1.29, 1.82) is 0 Å². The molecule has 2 aromatic rings. The van der Waals surface area contributed by atoms with E-state index < -0.39 is 0 Å². The molecule has 2 N–H and O–H groups in total. The van der Waals surface area contributed by atoms with Crippen LogP contribution in [0.3, 0.4) is 0 Å². The molecular weight excluding hydrogens is 400 g/mol. The van der Waals surface area contributed by atoms with Crippen LogP contribution in [0.1, 0.15) is 63.8 Å². The zero-order valence-electron chi connectivity index (χ0n) is 20.0. The van der Waals surface area contributed by atoms with Gasteiger partial charge in [-0.3, -0.25) is 4.79 Å². The van der Waals surface area contributed by atoms with Gasteiger partial charge in [0.1, 0.15) is 0 Å². The topological polar surface area (TPSA) is 68.4 Å². The van der Waals surface area contributed by atoms with E-state index in [0.29, 0.717) is 24.3 Å². The summed E-state index contributed by atoms with van der Waals surface area (Å²) in [6.45, 7) is 8.60. The van der Waals surface area contributed by atoms with Gasteiger partial charge in [-0.15, -0.1) is 0 Å². The number of nitrogens with zero attached hydrogens (tertiary/aromatic N) is 2. The number of fused-ring (bicyclic) bond motifs is 3. The summed E-state index contributed by atoms with van der Waals surface area (Å²) < 4.78 is 0. The molecule has 0 bridgehead atoms. The number of carbonyl (C=O) groups is 2. The number of rotatable bonds is 5. The van der Waals surface area contributed by atoms with E-state index in [1.807, 2.05) is 14.0 Å². The lowest BCUT2D eigenvalue weighted by molar-refractivity contribution is -0.141. The molecular formula is C26H38N4O2. The van der Waals surface area contributed by atoms with Crippen LogP contribution in [0, 0.1) is 17.8 Å². The summed E-state index contributed by atoms with van der Waals surface area (Å²) in [6.07, 6.45) is 4.79. The lowest BCUT2D eigenvalue weighted by Gasteiger charge is -2.41. The largest absolute Gasteiger partial charge is 0.356 e. The Morgan fingerprint density at radius 3 is 2.59 bits per heavy atom. The molecule has 3 amide bonds. The van der Waals surface area contributed by atoms with Gasteiger partial charge in [0.2, 0.25) is 5.91 Å². The molecule has 32 heavy (non-hydrogen) atoms. The zero-order valence-corrected chi connectivity index (χ0v) is 20.0. The number of carbonyl (C=O) groups excluding carboxylic acids is 2. The molecule has 1 aliphatic carbocycles. The fourth-order valence-corrected chi connectivity index (χ4v) is 5.79. The van der Waals surface area contributed by atoms with Gasteiger partial charge in [-0.2, -0.15) is 0 Å². The van der Waals surface area contributed by atoms with Gasteiger partial charge in [-0.05, 0) is 62.5 Å². The van der Waals surface area contributed by atoms with Gasteiger partial charge in [0.25, 0.3) is 0 Å². The van der Waals surface area contributed by atoms with E-state index in [4.69, 9.17) is 0 Å². The smallest absolute Gasteiger partial charge is 0.317 e. The number of hydrogen-bond donors (Lipinski definition) is 2. The third-order valence-electron chi connectivity index (χ3n) is 7.40. The van der Waals surface area contributed by atoms with Gasteiger partial charge in [0.15, 0.2) is 0 Å². The number of para-hydroxylation sites is 1. The fraction of sp³-hybridized carbons (Fsp3) is 0.615. The first-order valence-electron chi connectivity index (χ1n) is 12.3. The van der Waals surface area contributed by atoms with Crippen molar-refractivity contribution in [2.24, 2.45) is 17.8 Å². The second-order valence-corrected chi connectivity index (χ2v) is 9.97. The Balaban J connectivity index is 1.43. The van der Waals surface area contributed by atoms with Crippen molar-refractivity contribution in [3.05, 3.63) is 35.5 Å². The summed E-state index contributed by atoms with van der Waals surface area (Å²) in [6, 6.07) is 8.60. The average molecular weight is 439 g/mol. The molecule has 1 saturated carbocycles. The summed E-state index contributed by atoms with van der Waals surface area (Å²) >= 11 is 0. The summed E-state index contributed by atoms with van der Waals surface area (Å²) in [5.74, 6) is 1.26. The predicted octanol–water partition coefficient (Wildman–Crippen LogP) is 4.72. The second-order valence-electron chi connectivity index (χ2n) is 9.97. The number of benzene rings is 1. The highest BCUT2D eigenvalue weighted by atomic mass is 16.2. The molecule has 1 fully saturated rings. The van der Waals surface area contributed by atoms with E-state index in [0.717, 1.165) is 45.2 Å². The van der Waals surface area contributed by atoms with Crippen LogP contribution in [0.4, 0.5) is 4.79 Å². The molecule has 0 spiro atoms. The molecule has 0 radical (unpaired) electrons. The van der Waals surface area contributed by atoms with E-state index in [2.05, 4.69) is 53.3 Å². The third kappa shape index (κ3) is 4.37. The normalized spacial score (nSPS) is 23.3. The first-order chi connectivity index (χ1) is 15.4. The van der Waals surface area contributed by atoms with E-state index >= 15 is 0 Å². The zero-order chi connectivity index (χ0) is 22.8. The van der Waals surface area contributed by atoms with Gasteiger partial charge in [-0.1, -0.05) is 32.0 Å². The third-order valence-corrected chi connectivity index (χ3v) is 7.40. The molecule has 1 atom stereocenters. The monoisotopic (exact) mass is 438 g/mol. The molecule has 2 aliphatic rings. The summed E-state index contributed by atoms with van der Waals surface area (Å²) in [7, 11) is 1.86. The van der Waals surface area contributed by atoms with Crippen LogP contribution in [0.2, 0.25) is 0 Å². The van der Waals surface area contributed by atoms with Crippen molar-refractivity contribution in [2.75, 3.05) is 26.7 Å². The predicted molar refractivity (Wildman–Crippen MR) is 128 cm³/mol. The molecule has 6 heteroatoms. The molecule has 6 nitrogen and oxygen atoms in total. The number of amides is 3. The Hall–Kier alpha value is -2.50. The van der Waals surface area contributed by atoms with Crippen LogP contribution in [0.5, 0.6) is 0 Å². The maximum Gasteiger partial charge on any atom is 0.317 e. The second kappa shape index (κ2) is 9.55. The molecule has 4 rings (SSSR count). The van der Waals surface area contributed by atoms with Crippen molar-refractivity contribution in [1.82, 2.24) is 20.1 Å². The minimum atomic E-state index is -0.00655. The Bertz CT molecular complexity index is 958. The highest BCUT2D eigenvalue weighted by molar-refractivity contribution is 5.86. The number of hydrogen-bond acceptors (Lipinski definition) is 2. The van der Waals surface area contributed by atoms with Crippen molar-refractivity contribution < 1.29 is 9.59 Å². The molecule has 1 unspecified atom stereocenters. The van der Waals surface area contributed by atoms with Crippen molar-refractivity contribution in [3.63, 3.8) is 0 Å². The Labute approximate surface area is 191 Å². The van der Waals surface area contributed by atoms with Crippen molar-refractivity contribution >= 4 is 22.8 Å². The SMILES string of the molecule is CCNC(=O)N(C)C[C@H]1CC[C@H](C(=O)N2CCc3c([nH]c4ccccc34)C2C(C)C)CC1. The molecule has 1 aromatic heterocycles. The number of aromatic amines is 1. The van der Waals surface area contributed by atoms with Crippen molar-refractivity contribution in [3.8, 4) is 0 Å². The van der Waals surface area contributed by atoms with Crippen LogP contribution in [0.15, 0.2) is 24.3 Å².